The van der Waals surface area contributed by atoms with Crippen LogP contribution in [0.3, 0.4) is 0 Å². The number of hydrogen-bond donors (Lipinski definition) is 3. The molecule has 0 spiro atoms. The summed E-state index contributed by atoms with van der Waals surface area (Å²) >= 11 is 0. The highest BCUT2D eigenvalue weighted by molar-refractivity contribution is 6.03. The predicted octanol–water partition coefficient (Wildman–Crippen LogP) is 4.91. The van der Waals surface area contributed by atoms with Gasteiger partial charge in [-0.05, 0) is 25.0 Å². The number of pyridine rings is 1. The molecule has 3 heterocycles. The van der Waals surface area contributed by atoms with Crippen LogP contribution in [-0.4, -0.2) is 37.2 Å². The molecule has 3 aromatic heterocycles. The highest BCUT2D eigenvalue weighted by atomic mass is 19.4. The summed E-state index contributed by atoms with van der Waals surface area (Å²) in [6, 6.07) is 3.53. The van der Waals surface area contributed by atoms with Crippen molar-refractivity contribution in [3.05, 3.63) is 48.5 Å². The average molecular weight is 427 g/mol. The number of aliphatic hydroxyl groups is 1. The maximum absolute atomic E-state index is 13.1. The summed E-state index contributed by atoms with van der Waals surface area (Å²) in [6.45, 7) is 0. The van der Waals surface area contributed by atoms with Crippen LogP contribution < -0.4 is 5.32 Å². The average Bonchev–Trinajstić information content (AvgIpc) is 3.17. The molecule has 3 N–H and O–H groups in total. The Morgan fingerprint density at radius 2 is 1.90 bits per heavy atom. The molecule has 1 aliphatic carbocycles. The molecular weight excluding hydrogens is 407 g/mol. The smallest absolute Gasteiger partial charge is 0.391 e. The second-order valence-electron chi connectivity index (χ2n) is 7.88. The van der Waals surface area contributed by atoms with Gasteiger partial charge in [-0.1, -0.05) is 18.9 Å². The Hall–Kier alpha value is -3.20. The number of aromatic amines is 1. The minimum atomic E-state index is -4.40. The number of nitrogens with one attached hydrogen (secondary N) is 2. The quantitative estimate of drug-likeness (QED) is 0.433. The molecule has 31 heavy (non-hydrogen) atoms. The number of alkyl halides is 3. The van der Waals surface area contributed by atoms with E-state index < -0.39 is 17.8 Å². The molecule has 4 aromatic rings. The largest absolute Gasteiger partial charge is 0.416 e. The van der Waals surface area contributed by atoms with E-state index in [0.717, 1.165) is 37.8 Å². The van der Waals surface area contributed by atoms with E-state index >= 15 is 0 Å². The summed E-state index contributed by atoms with van der Waals surface area (Å²) in [5, 5.41) is 14.8. The highest BCUT2D eigenvalue weighted by Gasteiger charge is 2.31. The number of aliphatic hydroxyl groups excluding tert-OH is 1. The van der Waals surface area contributed by atoms with E-state index in [9.17, 15) is 18.3 Å². The molecule has 2 atom stereocenters. The van der Waals surface area contributed by atoms with E-state index in [2.05, 4.69) is 25.3 Å². The number of fused-ring (bicyclic) bond motifs is 2. The van der Waals surface area contributed by atoms with Gasteiger partial charge in [0.05, 0.1) is 23.2 Å². The Morgan fingerprint density at radius 1 is 1.06 bits per heavy atom. The van der Waals surface area contributed by atoms with Crippen LogP contribution in [0.2, 0.25) is 0 Å². The van der Waals surface area contributed by atoms with Crippen molar-refractivity contribution < 1.29 is 18.3 Å². The van der Waals surface area contributed by atoms with Gasteiger partial charge < -0.3 is 15.4 Å². The SMILES string of the molecule is O[C@H]1CCCC[C@H]1Nc1ncc2cncc(-c3c[nH]c4cc(C(F)(F)F)ccc34)c2n1. The molecule has 1 fully saturated rings. The van der Waals surface area contributed by atoms with Gasteiger partial charge in [-0.3, -0.25) is 4.98 Å². The number of halogens is 3. The van der Waals surface area contributed by atoms with E-state index in [1.807, 2.05) is 0 Å². The van der Waals surface area contributed by atoms with Crippen molar-refractivity contribution in [3.8, 4) is 11.1 Å². The van der Waals surface area contributed by atoms with Crippen LogP contribution in [0.15, 0.2) is 43.0 Å². The molecule has 1 saturated carbocycles. The molecule has 0 bridgehead atoms. The number of benzene rings is 1. The zero-order valence-electron chi connectivity index (χ0n) is 16.4. The van der Waals surface area contributed by atoms with E-state index in [1.54, 1.807) is 24.8 Å². The first-order valence-corrected chi connectivity index (χ1v) is 10.1. The first kappa shape index (κ1) is 19.7. The van der Waals surface area contributed by atoms with Gasteiger partial charge >= 0.3 is 6.18 Å². The summed E-state index contributed by atoms with van der Waals surface area (Å²) < 4.78 is 39.2. The lowest BCUT2D eigenvalue weighted by Gasteiger charge is -2.28. The van der Waals surface area contributed by atoms with Crippen LogP contribution >= 0.6 is 0 Å². The Morgan fingerprint density at radius 3 is 2.71 bits per heavy atom. The maximum atomic E-state index is 13.1. The van der Waals surface area contributed by atoms with Crippen LogP contribution in [0, 0.1) is 0 Å². The molecule has 5 rings (SSSR count). The second kappa shape index (κ2) is 7.49. The molecule has 0 saturated heterocycles. The topological polar surface area (TPSA) is 86.7 Å². The summed E-state index contributed by atoms with van der Waals surface area (Å²) in [6.07, 6.45) is 5.40. The Bertz CT molecular complexity index is 1250. The van der Waals surface area contributed by atoms with Crippen molar-refractivity contribution in [3.63, 3.8) is 0 Å². The van der Waals surface area contributed by atoms with Gasteiger partial charge in [-0.15, -0.1) is 0 Å². The molecule has 160 valence electrons. The Kier molecular flexibility index (Phi) is 4.77. The zero-order chi connectivity index (χ0) is 21.6. The van der Waals surface area contributed by atoms with Crippen molar-refractivity contribution in [1.29, 1.82) is 0 Å². The first-order chi connectivity index (χ1) is 14.9. The number of anilines is 1. The third-order valence-corrected chi connectivity index (χ3v) is 5.83. The standard InChI is InChI=1S/C22H20F3N5O/c23-22(24,25)13-5-6-14-15(11-27-18(14)7-13)16-10-26-8-12-9-28-21(30-20(12)16)29-17-3-1-2-4-19(17)31/h5-11,17,19,27,31H,1-4H2,(H,28,29,30)/t17-,19+/m1/s1. The Balaban J connectivity index is 1.57. The molecule has 0 amide bonds. The van der Waals surface area contributed by atoms with Gasteiger partial charge in [0.25, 0.3) is 0 Å². The van der Waals surface area contributed by atoms with Crippen LogP contribution in [0.4, 0.5) is 19.1 Å². The number of hydrogen-bond acceptors (Lipinski definition) is 5. The van der Waals surface area contributed by atoms with Crippen molar-refractivity contribution in [1.82, 2.24) is 19.9 Å². The predicted molar refractivity (Wildman–Crippen MR) is 112 cm³/mol. The molecule has 6 nitrogen and oxygen atoms in total. The van der Waals surface area contributed by atoms with Gasteiger partial charge in [0.2, 0.25) is 5.95 Å². The van der Waals surface area contributed by atoms with Crippen molar-refractivity contribution in [2.24, 2.45) is 0 Å². The van der Waals surface area contributed by atoms with E-state index in [0.29, 0.717) is 38.9 Å². The Labute approximate surface area is 175 Å². The lowest BCUT2D eigenvalue weighted by molar-refractivity contribution is -0.137. The van der Waals surface area contributed by atoms with Crippen molar-refractivity contribution in [2.45, 2.75) is 44.0 Å². The highest BCUT2D eigenvalue weighted by Crippen LogP contribution is 2.36. The molecular formula is C22H20F3N5O. The van der Waals surface area contributed by atoms with Crippen molar-refractivity contribution in [2.75, 3.05) is 5.32 Å². The van der Waals surface area contributed by atoms with E-state index in [1.165, 1.54) is 6.07 Å². The van der Waals surface area contributed by atoms with Crippen LogP contribution in [0.25, 0.3) is 32.9 Å². The monoisotopic (exact) mass is 427 g/mol. The molecule has 1 aliphatic rings. The minimum Gasteiger partial charge on any atom is -0.391 e. The third-order valence-electron chi connectivity index (χ3n) is 5.83. The van der Waals surface area contributed by atoms with E-state index in [-0.39, 0.29) is 6.04 Å². The molecule has 0 unspecified atom stereocenters. The number of aromatic nitrogens is 4. The zero-order valence-corrected chi connectivity index (χ0v) is 16.4. The van der Waals surface area contributed by atoms with Crippen LogP contribution in [0.5, 0.6) is 0 Å². The summed E-state index contributed by atoms with van der Waals surface area (Å²) in [7, 11) is 0. The normalized spacial score (nSPS) is 19.7. The third kappa shape index (κ3) is 3.69. The van der Waals surface area contributed by atoms with Crippen LogP contribution in [0.1, 0.15) is 31.2 Å². The van der Waals surface area contributed by atoms with Crippen molar-refractivity contribution >= 4 is 27.8 Å². The molecule has 0 radical (unpaired) electrons. The van der Waals surface area contributed by atoms with Gasteiger partial charge in [-0.25, -0.2) is 9.97 Å². The maximum Gasteiger partial charge on any atom is 0.416 e. The van der Waals surface area contributed by atoms with Crippen LogP contribution in [-0.2, 0) is 6.18 Å². The van der Waals surface area contributed by atoms with Gasteiger partial charge in [0, 0.05) is 52.2 Å². The summed E-state index contributed by atoms with van der Waals surface area (Å²) in [5.41, 5.74) is 1.73. The van der Waals surface area contributed by atoms with Gasteiger partial charge in [0.1, 0.15) is 0 Å². The second-order valence-corrected chi connectivity index (χ2v) is 7.88. The fourth-order valence-corrected chi connectivity index (χ4v) is 4.19. The minimum absolute atomic E-state index is 0.106. The number of H-pyrrole nitrogens is 1. The first-order valence-electron chi connectivity index (χ1n) is 10.1. The molecule has 9 heteroatoms. The van der Waals surface area contributed by atoms with E-state index in [4.69, 9.17) is 0 Å². The molecule has 0 aliphatic heterocycles. The summed E-state index contributed by atoms with van der Waals surface area (Å²) in [5.74, 6) is 0.407. The lowest BCUT2D eigenvalue weighted by Crippen LogP contribution is -2.36. The summed E-state index contributed by atoms with van der Waals surface area (Å²) in [4.78, 5) is 16.2. The number of rotatable bonds is 3. The lowest BCUT2D eigenvalue weighted by atomic mass is 9.93. The fourth-order valence-electron chi connectivity index (χ4n) is 4.19. The molecule has 1 aromatic carbocycles. The van der Waals surface area contributed by atoms with Gasteiger partial charge in [0.15, 0.2) is 0 Å². The van der Waals surface area contributed by atoms with Gasteiger partial charge in [-0.2, -0.15) is 13.2 Å². The fraction of sp³-hybridized carbons (Fsp3) is 0.318. The number of nitrogens with zero attached hydrogens (tertiary/aromatic N) is 3.